The van der Waals surface area contributed by atoms with E-state index < -0.39 is 5.82 Å². The van der Waals surface area contributed by atoms with Crippen LogP contribution in [0.1, 0.15) is 11.4 Å². The summed E-state index contributed by atoms with van der Waals surface area (Å²) < 4.78 is 14.4. The lowest BCUT2D eigenvalue weighted by Crippen LogP contribution is -2.17. The molecule has 0 saturated heterocycles. The summed E-state index contributed by atoms with van der Waals surface area (Å²) in [5.74, 6) is 5.70. The molecule has 1 aromatic heterocycles. The summed E-state index contributed by atoms with van der Waals surface area (Å²) in [5.41, 5.74) is 1.25. The number of carbonyl (C=O) groups is 1. The third-order valence-corrected chi connectivity index (χ3v) is 3.58. The van der Waals surface area contributed by atoms with Crippen LogP contribution in [0.3, 0.4) is 0 Å². The molecule has 0 spiro atoms. The van der Waals surface area contributed by atoms with E-state index in [-0.39, 0.29) is 11.7 Å². The maximum absolute atomic E-state index is 13.1. The molecule has 2 rings (SSSR count). The van der Waals surface area contributed by atoms with E-state index in [1.807, 2.05) is 0 Å². The second-order valence-electron chi connectivity index (χ2n) is 4.20. The Labute approximate surface area is 119 Å². The molecule has 0 saturated carbocycles. The quantitative estimate of drug-likeness (QED) is 0.659. The molecule has 6 nitrogen and oxygen atoms in total. The van der Waals surface area contributed by atoms with Crippen LogP contribution in [0, 0.1) is 19.7 Å². The van der Waals surface area contributed by atoms with Crippen molar-refractivity contribution in [2.24, 2.45) is 0 Å². The zero-order chi connectivity index (χ0) is 14.7. The predicted molar refractivity (Wildman–Crippen MR) is 75.4 cm³/mol. The van der Waals surface area contributed by atoms with E-state index in [0.29, 0.717) is 16.7 Å². The average Bonchev–Trinajstić information content (AvgIpc) is 2.72. The van der Waals surface area contributed by atoms with Crippen molar-refractivity contribution in [3.8, 4) is 0 Å². The van der Waals surface area contributed by atoms with Crippen molar-refractivity contribution in [3.05, 3.63) is 35.4 Å². The second-order valence-corrected chi connectivity index (χ2v) is 5.14. The first kappa shape index (κ1) is 14.3. The molecule has 0 aliphatic heterocycles. The molecule has 1 aromatic carbocycles. The van der Waals surface area contributed by atoms with Crippen molar-refractivity contribution in [3.63, 3.8) is 0 Å². The normalized spacial score (nSPS) is 10.6. The molecule has 106 valence electrons. The first-order valence-corrected chi connectivity index (χ1v) is 6.82. The number of benzene rings is 1. The average molecular weight is 295 g/mol. The van der Waals surface area contributed by atoms with Crippen LogP contribution in [0.2, 0.25) is 0 Å². The van der Waals surface area contributed by atoms with Gasteiger partial charge in [-0.1, -0.05) is 17.8 Å². The summed E-state index contributed by atoms with van der Waals surface area (Å²) in [6.07, 6.45) is 0. The van der Waals surface area contributed by atoms with E-state index in [2.05, 4.69) is 15.5 Å². The van der Waals surface area contributed by atoms with Crippen molar-refractivity contribution in [2.45, 2.75) is 19.0 Å². The number of hydrogen-bond acceptors (Lipinski definition) is 5. The molecule has 20 heavy (non-hydrogen) atoms. The van der Waals surface area contributed by atoms with Crippen LogP contribution in [-0.4, -0.2) is 26.5 Å². The number of nitrogens with two attached hydrogens (primary N) is 1. The molecule has 0 fully saturated rings. The van der Waals surface area contributed by atoms with E-state index in [0.717, 1.165) is 17.3 Å². The largest absolute Gasteiger partial charge is 0.336 e. The Bertz CT molecular complexity index is 643. The highest BCUT2D eigenvalue weighted by molar-refractivity contribution is 7.99. The monoisotopic (exact) mass is 295 g/mol. The number of aromatic nitrogens is 3. The van der Waals surface area contributed by atoms with Crippen molar-refractivity contribution < 1.29 is 9.18 Å². The van der Waals surface area contributed by atoms with Gasteiger partial charge >= 0.3 is 0 Å². The Hall–Kier alpha value is -2.09. The first-order chi connectivity index (χ1) is 9.47. The Balaban J connectivity index is 1.96. The highest BCUT2D eigenvalue weighted by Crippen LogP contribution is 2.18. The summed E-state index contributed by atoms with van der Waals surface area (Å²) >= 11 is 1.16. The Morgan fingerprint density at radius 1 is 1.45 bits per heavy atom. The minimum Gasteiger partial charge on any atom is -0.336 e. The van der Waals surface area contributed by atoms with Crippen LogP contribution in [0.25, 0.3) is 0 Å². The maximum Gasteiger partial charge on any atom is 0.234 e. The molecule has 2 aromatic rings. The van der Waals surface area contributed by atoms with Crippen molar-refractivity contribution in [1.29, 1.82) is 0 Å². The number of nitrogens with zero attached hydrogens (tertiary/aromatic N) is 3. The van der Waals surface area contributed by atoms with Crippen molar-refractivity contribution >= 4 is 23.4 Å². The predicted octanol–water partition coefficient (Wildman–Crippen LogP) is 1.48. The van der Waals surface area contributed by atoms with E-state index in [9.17, 15) is 9.18 Å². The first-order valence-electron chi connectivity index (χ1n) is 5.83. The van der Waals surface area contributed by atoms with E-state index in [4.69, 9.17) is 5.84 Å². The summed E-state index contributed by atoms with van der Waals surface area (Å²) in [7, 11) is 0. The third-order valence-electron chi connectivity index (χ3n) is 2.64. The van der Waals surface area contributed by atoms with Gasteiger partial charge in [-0.3, -0.25) is 4.79 Å². The minimum absolute atomic E-state index is 0.116. The standard InChI is InChI=1S/C12H14FN5OS/c1-7-3-4-9(13)5-10(7)15-11(19)6-20-12-17-16-8(2)18(12)14/h3-5H,6,14H2,1-2H3,(H,15,19). The van der Waals surface area contributed by atoms with Crippen LogP contribution in [0.5, 0.6) is 0 Å². The van der Waals surface area contributed by atoms with Gasteiger partial charge in [-0.25, -0.2) is 9.07 Å². The van der Waals surface area contributed by atoms with Crippen LogP contribution >= 0.6 is 11.8 Å². The van der Waals surface area contributed by atoms with Gasteiger partial charge in [0.05, 0.1) is 5.75 Å². The zero-order valence-corrected chi connectivity index (χ0v) is 11.9. The molecular weight excluding hydrogens is 281 g/mol. The molecule has 1 heterocycles. The molecule has 0 atom stereocenters. The fraction of sp³-hybridized carbons (Fsp3) is 0.250. The van der Waals surface area contributed by atoms with Crippen LogP contribution < -0.4 is 11.2 Å². The van der Waals surface area contributed by atoms with Gasteiger partial charge in [-0.15, -0.1) is 10.2 Å². The van der Waals surface area contributed by atoms with Gasteiger partial charge in [-0.2, -0.15) is 0 Å². The molecular formula is C12H14FN5OS. The lowest BCUT2D eigenvalue weighted by molar-refractivity contribution is -0.113. The molecule has 0 bridgehead atoms. The smallest absolute Gasteiger partial charge is 0.234 e. The van der Waals surface area contributed by atoms with Crippen LogP contribution in [0.15, 0.2) is 23.4 Å². The van der Waals surface area contributed by atoms with E-state index in [1.165, 1.54) is 16.8 Å². The molecule has 8 heteroatoms. The number of nitrogens with one attached hydrogen (secondary N) is 1. The van der Waals surface area contributed by atoms with Crippen molar-refractivity contribution in [2.75, 3.05) is 16.9 Å². The number of rotatable bonds is 4. The summed E-state index contributed by atoms with van der Waals surface area (Å²) in [5, 5.41) is 10.7. The number of halogens is 1. The van der Waals surface area contributed by atoms with Gasteiger partial charge in [0, 0.05) is 5.69 Å². The van der Waals surface area contributed by atoms with Crippen molar-refractivity contribution in [1.82, 2.24) is 14.9 Å². The number of nitrogen functional groups attached to an aromatic ring is 1. The number of amides is 1. The number of carbonyl (C=O) groups excluding carboxylic acids is 1. The molecule has 1 amide bonds. The van der Waals surface area contributed by atoms with E-state index >= 15 is 0 Å². The van der Waals surface area contributed by atoms with Gasteiger partial charge in [0.15, 0.2) is 0 Å². The molecule has 0 radical (unpaired) electrons. The van der Waals surface area contributed by atoms with Gasteiger partial charge in [0.25, 0.3) is 0 Å². The topological polar surface area (TPSA) is 85.8 Å². The summed E-state index contributed by atoms with van der Waals surface area (Å²) in [6, 6.07) is 4.24. The second kappa shape index (κ2) is 5.91. The molecule has 3 N–H and O–H groups in total. The molecule has 0 aliphatic carbocycles. The fourth-order valence-corrected chi connectivity index (χ4v) is 2.20. The lowest BCUT2D eigenvalue weighted by atomic mass is 10.2. The van der Waals surface area contributed by atoms with Gasteiger partial charge in [-0.05, 0) is 31.5 Å². The SMILES string of the molecule is Cc1ccc(F)cc1NC(=O)CSc1nnc(C)n1N. The Morgan fingerprint density at radius 2 is 2.20 bits per heavy atom. The zero-order valence-electron chi connectivity index (χ0n) is 11.1. The highest BCUT2D eigenvalue weighted by Gasteiger charge is 2.11. The number of hydrogen-bond donors (Lipinski definition) is 2. The van der Waals surface area contributed by atoms with E-state index in [1.54, 1.807) is 19.9 Å². The third kappa shape index (κ3) is 3.27. The van der Waals surface area contributed by atoms with Gasteiger partial charge in [0.2, 0.25) is 11.1 Å². The lowest BCUT2D eigenvalue weighted by Gasteiger charge is -2.08. The fourth-order valence-electron chi connectivity index (χ4n) is 1.49. The van der Waals surface area contributed by atoms with Crippen LogP contribution in [0.4, 0.5) is 10.1 Å². The highest BCUT2D eigenvalue weighted by atomic mass is 32.2. The minimum atomic E-state index is -0.393. The van der Waals surface area contributed by atoms with Crippen LogP contribution in [-0.2, 0) is 4.79 Å². The number of thioether (sulfide) groups is 1. The summed E-state index contributed by atoms with van der Waals surface area (Å²) in [6.45, 7) is 3.51. The molecule has 0 unspecified atom stereocenters. The Morgan fingerprint density at radius 3 is 2.85 bits per heavy atom. The van der Waals surface area contributed by atoms with Gasteiger partial charge in [0.1, 0.15) is 11.6 Å². The summed E-state index contributed by atoms with van der Waals surface area (Å²) in [4.78, 5) is 11.8. The van der Waals surface area contributed by atoms with Gasteiger partial charge < -0.3 is 11.2 Å². The number of anilines is 1. The number of aryl methyl sites for hydroxylation is 2. The maximum atomic E-state index is 13.1. The molecule has 0 aliphatic rings. The Kier molecular flexibility index (Phi) is 4.23.